The summed E-state index contributed by atoms with van der Waals surface area (Å²) in [6.07, 6.45) is 2.96. The van der Waals surface area contributed by atoms with E-state index in [1.807, 2.05) is 12.1 Å². The summed E-state index contributed by atoms with van der Waals surface area (Å²) in [4.78, 5) is 23.4. The maximum Gasteiger partial charge on any atom is 0.251 e. The number of carbonyl (C=O) groups excluding carboxylic acids is 2. The van der Waals surface area contributed by atoms with E-state index < -0.39 is 0 Å². The van der Waals surface area contributed by atoms with E-state index in [4.69, 9.17) is 4.74 Å². The van der Waals surface area contributed by atoms with E-state index in [1.54, 1.807) is 19.2 Å². The molecule has 0 aliphatic carbocycles. The molecule has 122 valence electrons. The van der Waals surface area contributed by atoms with Crippen molar-refractivity contribution in [3.05, 3.63) is 34.3 Å². The van der Waals surface area contributed by atoms with Crippen LogP contribution >= 0.6 is 15.9 Å². The Bertz CT molecular complexity index is 480. The number of carbonyl (C=O) groups is 2. The molecule has 0 atom stereocenters. The Morgan fingerprint density at radius 1 is 1.14 bits per heavy atom. The predicted octanol–water partition coefficient (Wildman–Crippen LogP) is 2.50. The standard InChI is InChI=1S/C16H23BrN2O3/c1-22-11-3-2-8-15(20)18-9-5-10-19-16(21)13-6-4-7-14(17)12-13/h4,6-7,12H,2-3,5,8-11H2,1H3,(H,18,20)(H,19,21). The molecule has 6 heteroatoms. The Kier molecular flexibility index (Phi) is 9.50. The number of hydrogen-bond acceptors (Lipinski definition) is 3. The minimum Gasteiger partial charge on any atom is -0.385 e. The molecule has 0 aliphatic heterocycles. The van der Waals surface area contributed by atoms with E-state index in [2.05, 4.69) is 26.6 Å². The van der Waals surface area contributed by atoms with Gasteiger partial charge in [-0.15, -0.1) is 0 Å². The molecule has 0 radical (unpaired) electrons. The van der Waals surface area contributed by atoms with Crippen LogP contribution in [0.5, 0.6) is 0 Å². The molecular weight excluding hydrogens is 348 g/mol. The first-order chi connectivity index (χ1) is 10.6. The van der Waals surface area contributed by atoms with Crippen LogP contribution < -0.4 is 10.6 Å². The molecule has 0 aromatic heterocycles. The Morgan fingerprint density at radius 2 is 1.91 bits per heavy atom. The molecule has 0 aliphatic rings. The maximum absolute atomic E-state index is 11.9. The fourth-order valence-corrected chi connectivity index (χ4v) is 2.27. The minimum atomic E-state index is -0.104. The third-order valence-corrected chi connectivity index (χ3v) is 3.54. The fourth-order valence-electron chi connectivity index (χ4n) is 1.87. The van der Waals surface area contributed by atoms with Crippen LogP contribution in [0.25, 0.3) is 0 Å². The normalized spacial score (nSPS) is 10.3. The molecular formula is C16H23BrN2O3. The first-order valence-corrected chi connectivity index (χ1v) is 8.22. The van der Waals surface area contributed by atoms with Gasteiger partial charge in [0, 0.05) is 43.3 Å². The number of halogens is 1. The first kappa shape index (κ1) is 18.6. The van der Waals surface area contributed by atoms with Crippen LogP contribution in [0, 0.1) is 0 Å². The van der Waals surface area contributed by atoms with E-state index >= 15 is 0 Å². The van der Waals surface area contributed by atoms with Crippen molar-refractivity contribution in [1.82, 2.24) is 10.6 Å². The number of amides is 2. The number of unbranched alkanes of at least 4 members (excludes halogenated alkanes) is 1. The zero-order chi connectivity index (χ0) is 16.2. The van der Waals surface area contributed by atoms with Crippen LogP contribution in [-0.4, -0.2) is 38.6 Å². The van der Waals surface area contributed by atoms with Gasteiger partial charge in [0.05, 0.1) is 0 Å². The Hall–Kier alpha value is -1.40. The minimum absolute atomic E-state index is 0.0504. The van der Waals surface area contributed by atoms with E-state index in [0.717, 1.165) is 17.3 Å². The molecule has 1 rings (SSSR count). The van der Waals surface area contributed by atoms with Gasteiger partial charge in [0.15, 0.2) is 0 Å². The first-order valence-electron chi connectivity index (χ1n) is 7.43. The second kappa shape index (κ2) is 11.2. The zero-order valence-corrected chi connectivity index (χ0v) is 14.4. The summed E-state index contributed by atoms with van der Waals surface area (Å²) in [6, 6.07) is 7.24. The van der Waals surface area contributed by atoms with E-state index in [0.29, 0.717) is 38.1 Å². The van der Waals surface area contributed by atoms with Gasteiger partial charge >= 0.3 is 0 Å². The summed E-state index contributed by atoms with van der Waals surface area (Å²) in [5, 5.41) is 5.68. The van der Waals surface area contributed by atoms with Crippen molar-refractivity contribution in [2.24, 2.45) is 0 Å². The topological polar surface area (TPSA) is 67.4 Å². The summed E-state index contributed by atoms with van der Waals surface area (Å²) in [6.45, 7) is 1.80. The highest BCUT2D eigenvalue weighted by Crippen LogP contribution is 2.11. The van der Waals surface area contributed by atoms with Crippen molar-refractivity contribution in [3.63, 3.8) is 0 Å². The largest absolute Gasteiger partial charge is 0.385 e. The number of rotatable bonds is 10. The van der Waals surface area contributed by atoms with Gasteiger partial charge < -0.3 is 15.4 Å². The second-order valence-corrected chi connectivity index (χ2v) is 5.84. The molecule has 0 bridgehead atoms. The van der Waals surface area contributed by atoms with Gasteiger partial charge in [-0.25, -0.2) is 0 Å². The number of hydrogen-bond donors (Lipinski definition) is 2. The number of methoxy groups -OCH3 is 1. The summed E-state index contributed by atoms with van der Waals surface area (Å²) in [7, 11) is 1.66. The van der Waals surface area contributed by atoms with E-state index in [9.17, 15) is 9.59 Å². The molecule has 2 N–H and O–H groups in total. The summed E-state index contributed by atoms with van der Waals surface area (Å²) in [5.41, 5.74) is 0.622. The van der Waals surface area contributed by atoms with Crippen LogP contribution in [0.4, 0.5) is 0 Å². The van der Waals surface area contributed by atoms with Gasteiger partial charge in [-0.1, -0.05) is 22.0 Å². The van der Waals surface area contributed by atoms with Gasteiger partial charge in [-0.2, -0.15) is 0 Å². The molecule has 0 saturated heterocycles. The second-order valence-electron chi connectivity index (χ2n) is 4.92. The van der Waals surface area contributed by atoms with Gasteiger partial charge in [-0.05, 0) is 37.5 Å². The molecule has 0 saturated carbocycles. The Morgan fingerprint density at radius 3 is 2.64 bits per heavy atom. The van der Waals surface area contributed by atoms with E-state index in [-0.39, 0.29) is 11.8 Å². The third-order valence-electron chi connectivity index (χ3n) is 3.05. The molecule has 5 nitrogen and oxygen atoms in total. The monoisotopic (exact) mass is 370 g/mol. The van der Waals surface area contributed by atoms with Gasteiger partial charge in [0.25, 0.3) is 5.91 Å². The van der Waals surface area contributed by atoms with Crippen molar-refractivity contribution in [2.75, 3.05) is 26.8 Å². The maximum atomic E-state index is 11.9. The highest BCUT2D eigenvalue weighted by atomic mass is 79.9. The van der Waals surface area contributed by atoms with Crippen molar-refractivity contribution in [1.29, 1.82) is 0 Å². The Balaban J connectivity index is 2.07. The summed E-state index contributed by atoms with van der Waals surface area (Å²) >= 11 is 3.33. The molecule has 2 amide bonds. The molecule has 0 spiro atoms. The smallest absolute Gasteiger partial charge is 0.251 e. The number of benzene rings is 1. The molecule has 0 heterocycles. The van der Waals surface area contributed by atoms with Gasteiger partial charge in [0.1, 0.15) is 0 Å². The molecule has 0 unspecified atom stereocenters. The van der Waals surface area contributed by atoms with Crippen LogP contribution in [0.1, 0.15) is 36.0 Å². The highest BCUT2D eigenvalue weighted by Gasteiger charge is 2.05. The lowest BCUT2D eigenvalue weighted by molar-refractivity contribution is -0.121. The van der Waals surface area contributed by atoms with Crippen LogP contribution in [0.2, 0.25) is 0 Å². The van der Waals surface area contributed by atoms with Gasteiger partial charge in [-0.3, -0.25) is 9.59 Å². The third kappa shape index (κ3) is 8.14. The molecule has 22 heavy (non-hydrogen) atoms. The number of nitrogens with one attached hydrogen (secondary N) is 2. The average Bonchev–Trinajstić information content (AvgIpc) is 2.51. The summed E-state index contributed by atoms with van der Waals surface area (Å²) in [5.74, 6) is -0.0541. The lowest BCUT2D eigenvalue weighted by atomic mass is 10.2. The highest BCUT2D eigenvalue weighted by molar-refractivity contribution is 9.10. The average molecular weight is 371 g/mol. The van der Waals surface area contributed by atoms with Crippen molar-refractivity contribution in [2.45, 2.75) is 25.7 Å². The van der Waals surface area contributed by atoms with Crippen LogP contribution in [0.15, 0.2) is 28.7 Å². The lowest BCUT2D eigenvalue weighted by Crippen LogP contribution is -2.29. The number of ether oxygens (including phenoxy) is 1. The van der Waals surface area contributed by atoms with Gasteiger partial charge in [0.2, 0.25) is 5.91 Å². The SMILES string of the molecule is COCCCCC(=O)NCCCNC(=O)c1cccc(Br)c1. The Labute approximate surface area is 139 Å². The van der Waals surface area contributed by atoms with Crippen LogP contribution in [-0.2, 0) is 9.53 Å². The zero-order valence-electron chi connectivity index (χ0n) is 12.9. The van der Waals surface area contributed by atoms with Crippen molar-refractivity contribution in [3.8, 4) is 0 Å². The lowest BCUT2D eigenvalue weighted by Gasteiger charge is -2.07. The predicted molar refractivity (Wildman–Crippen MR) is 89.8 cm³/mol. The van der Waals surface area contributed by atoms with Crippen molar-refractivity contribution < 1.29 is 14.3 Å². The molecule has 1 aromatic rings. The summed E-state index contributed by atoms with van der Waals surface area (Å²) < 4.78 is 5.80. The molecule has 1 aromatic carbocycles. The fraction of sp³-hybridized carbons (Fsp3) is 0.500. The molecule has 0 fully saturated rings. The van der Waals surface area contributed by atoms with Crippen LogP contribution in [0.3, 0.4) is 0 Å². The van der Waals surface area contributed by atoms with E-state index in [1.165, 1.54) is 0 Å². The van der Waals surface area contributed by atoms with Crippen molar-refractivity contribution >= 4 is 27.7 Å². The quantitative estimate of drug-likeness (QED) is 0.621.